The zero-order valence-corrected chi connectivity index (χ0v) is 11.2. The maximum atomic E-state index is 11.7. The van der Waals surface area contributed by atoms with Gasteiger partial charge < -0.3 is 9.84 Å². The SMILES string of the molecule is COCCN(CC(=O)O)CC(=O)NNc1ccccn1. The Bertz CT molecular complexity index is 427. The molecule has 0 aliphatic heterocycles. The van der Waals surface area contributed by atoms with Crippen molar-refractivity contribution in [3.8, 4) is 0 Å². The number of carbonyl (C=O) groups excluding carboxylic acids is 1. The van der Waals surface area contributed by atoms with Crippen LogP contribution in [0, 0.1) is 0 Å². The Hall–Kier alpha value is -2.19. The number of amides is 1. The van der Waals surface area contributed by atoms with Crippen molar-refractivity contribution in [1.82, 2.24) is 15.3 Å². The van der Waals surface area contributed by atoms with E-state index in [9.17, 15) is 9.59 Å². The van der Waals surface area contributed by atoms with Crippen molar-refractivity contribution in [2.75, 3.05) is 38.8 Å². The minimum atomic E-state index is -0.994. The molecule has 0 saturated heterocycles. The minimum Gasteiger partial charge on any atom is -0.480 e. The van der Waals surface area contributed by atoms with Crippen molar-refractivity contribution in [3.05, 3.63) is 24.4 Å². The molecule has 0 bridgehead atoms. The van der Waals surface area contributed by atoms with E-state index in [2.05, 4.69) is 15.8 Å². The molecule has 0 aromatic carbocycles. The highest BCUT2D eigenvalue weighted by Gasteiger charge is 2.13. The van der Waals surface area contributed by atoms with Crippen LogP contribution in [0.25, 0.3) is 0 Å². The number of ether oxygens (including phenoxy) is 1. The Labute approximate surface area is 116 Å². The predicted molar refractivity (Wildman–Crippen MR) is 72.0 cm³/mol. The van der Waals surface area contributed by atoms with Crippen molar-refractivity contribution in [2.45, 2.75) is 0 Å². The Balaban J connectivity index is 2.38. The quantitative estimate of drug-likeness (QED) is 0.527. The number of aromatic nitrogens is 1. The molecule has 0 spiro atoms. The summed E-state index contributed by atoms with van der Waals surface area (Å²) in [6.45, 7) is 0.448. The van der Waals surface area contributed by atoms with Crippen LogP contribution in [0.1, 0.15) is 0 Å². The molecule has 8 heteroatoms. The van der Waals surface area contributed by atoms with Gasteiger partial charge in [-0.3, -0.25) is 25.3 Å². The second-order valence-corrected chi connectivity index (χ2v) is 3.99. The van der Waals surface area contributed by atoms with Crippen molar-refractivity contribution in [3.63, 3.8) is 0 Å². The summed E-state index contributed by atoms with van der Waals surface area (Å²) in [5, 5.41) is 8.76. The maximum absolute atomic E-state index is 11.7. The van der Waals surface area contributed by atoms with E-state index in [1.54, 1.807) is 24.4 Å². The van der Waals surface area contributed by atoms with E-state index in [0.29, 0.717) is 19.0 Å². The van der Waals surface area contributed by atoms with Crippen molar-refractivity contribution >= 4 is 17.7 Å². The molecule has 0 atom stereocenters. The van der Waals surface area contributed by atoms with Gasteiger partial charge in [-0.25, -0.2) is 4.98 Å². The smallest absolute Gasteiger partial charge is 0.317 e. The molecule has 0 unspecified atom stereocenters. The molecule has 1 heterocycles. The van der Waals surface area contributed by atoms with Gasteiger partial charge in [0.15, 0.2) is 0 Å². The van der Waals surface area contributed by atoms with Crippen molar-refractivity contribution in [2.24, 2.45) is 0 Å². The number of nitrogens with zero attached hydrogens (tertiary/aromatic N) is 2. The number of nitrogens with one attached hydrogen (secondary N) is 2. The molecule has 0 saturated carbocycles. The van der Waals surface area contributed by atoms with E-state index in [4.69, 9.17) is 9.84 Å². The molecule has 1 aromatic rings. The number of aliphatic carboxylic acids is 1. The van der Waals surface area contributed by atoms with E-state index in [-0.39, 0.29) is 19.0 Å². The summed E-state index contributed by atoms with van der Waals surface area (Å²) in [5.41, 5.74) is 5.10. The van der Waals surface area contributed by atoms with Crippen LogP contribution in [0.4, 0.5) is 5.82 Å². The fourth-order valence-electron chi connectivity index (χ4n) is 1.44. The van der Waals surface area contributed by atoms with Crippen LogP contribution < -0.4 is 10.9 Å². The van der Waals surface area contributed by atoms with Gasteiger partial charge in [0.1, 0.15) is 5.82 Å². The lowest BCUT2D eigenvalue weighted by atomic mass is 10.4. The average Bonchev–Trinajstić information content (AvgIpc) is 2.43. The van der Waals surface area contributed by atoms with Gasteiger partial charge in [-0.05, 0) is 12.1 Å². The molecule has 8 nitrogen and oxygen atoms in total. The molecular formula is C12H18N4O4. The first-order valence-corrected chi connectivity index (χ1v) is 6.01. The largest absolute Gasteiger partial charge is 0.480 e. The van der Waals surface area contributed by atoms with Gasteiger partial charge in [0.05, 0.1) is 19.7 Å². The molecule has 110 valence electrons. The van der Waals surface area contributed by atoms with Gasteiger partial charge >= 0.3 is 5.97 Å². The summed E-state index contributed by atoms with van der Waals surface area (Å²) in [7, 11) is 1.52. The highest BCUT2D eigenvalue weighted by molar-refractivity contribution is 5.80. The van der Waals surface area contributed by atoms with E-state index in [1.165, 1.54) is 12.0 Å². The number of hydrogen-bond acceptors (Lipinski definition) is 6. The van der Waals surface area contributed by atoms with E-state index < -0.39 is 5.97 Å². The lowest BCUT2D eigenvalue weighted by Gasteiger charge is -2.19. The van der Waals surface area contributed by atoms with Crippen LogP contribution in [0.2, 0.25) is 0 Å². The number of pyridine rings is 1. The maximum Gasteiger partial charge on any atom is 0.317 e. The number of methoxy groups -OCH3 is 1. The third kappa shape index (κ3) is 6.66. The highest BCUT2D eigenvalue weighted by Crippen LogP contribution is 1.97. The average molecular weight is 282 g/mol. The van der Waals surface area contributed by atoms with E-state index in [0.717, 1.165) is 0 Å². The van der Waals surface area contributed by atoms with Crippen LogP contribution in [0.3, 0.4) is 0 Å². The van der Waals surface area contributed by atoms with Crippen molar-refractivity contribution < 1.29 is 19.4 Å². The zero-order chi connectivity index (χ0) is 14.8. The minimum absolute atomic E-state index is 0.0461. The van der Waals surface area contributed by atoms with Gasteiger partial charge in [0.2, 0.25) is 0 Å². The Kier molecular flexibility index (Phi) is 7.01. The fourth-order valence-corrected chi connectivity index (χ4v) is 1.44. The normalized spacial score (nSPS) is 10.3. The van der Waals surface area contributed by atoms with E-state index in [1.807, 2.05) is 0 Å². The standard InChI is InChI=1S/C12H18N4O4/c1-20-7-6-16(9-12(18)19)8-11(17)15-14-10-4-2-3-5-13-10/h2-5H,6-9H2,1H3,(H,13,14)(H,15,17)(H,18,19). The van der Waals surface area contributed by atoms with Gasteiger partial charge in [-0.15, -0.1) is 0 Å². The number of carbonyl (C=O) groups is 2. The summed E-state index contributed by atoms with van der Waals surface area (Å²) in [6, 6.07) is 5.23. The Morgan fingerprint density at radius 2 is 2.20 bits per heavy atom. The highest BCUT2D eigenvalue weighted by atomic mass is 16.5. The summed E-state index contributed by atoms with van der Waals surface area (Å²) < 4.78 is 4.87. The van der Waals surface area contributed by atoms with Gasteiger partial charge in [0, 0.05) is 19.9 Å². The molecule has 1 rings (SSSR count). The monoisotopic (exact) mass is 282 g/mol. The van der Waals surface area contributed by atoms with Gasteiger partial charge in [-0.1, -0.05) is 6.07 Å². The molecule has 0 fully saturated rings. The third-order valence-corrected chi connectivity index (χ3v) is 2.33. The Morgan fingerprint density at radius 3 is 2.80 bits per heavy atom. The molecule has 3 N–H and O–H groups in total. The third-order valence-electron chi connectivity index (χ3n) is 2.33. The number of hydrogen-bond donors (Lipinski definition) is 3. The molecule has 0 aliphatic carbocycles. The molecular weight excluding hydrogens is 264 g/mol. The second-order valence-electron chi connectivity index (χ2n) is 3.99. The second kappa shape index (κ2) is 8.83. The first-order valence-electron chi connectivity index (χ1n) is 6.01. The topological polar surface area (TPSA) is 104 Å². The molecule has 0 aliphatic rings. The number of anilines is 1. The number of carboxylic acid groups (broad SMARTS) is 1. The zero-order valence-electron chi connectivity index (χ0n) is 11.2. The number of carboxylic acids is 1. The molecule has 1 aromatic heterocycles. The summed E-state index contributed by atoms with van der Waals surface area (Å²) in [6.07, 6.45) is 1.59. The number of hydrazine groups is 1. The molecule has 0 radical (unpaired) electrons. The molecule has 20 heavy (non-hydrogen) atoms. The summed E-state index contributed by atoms with van der Waals surface area (Å²) in [4.78, 5) is 27.8. The summed E-state index contributed by atoms with van der Waals surface area (Å²) >= 11 is 0. The molecule has 1 amide bonds. The van der Waals surface area contributed by atoms with Crippen LogP contribution in [-0.4, -0.2) is 60.2 Å². The van der Waals surface area contributed by atoms with Crippen LogP contribution in [-0.2, 0) is 14.3 Å². The lowest BCUT2D eigenvalue weighted by Crippen LogP contribution is -2.43. The fraction of sp³-hybridized carbons (Fsp3) is 0.417. The predicted octanol–water partition coefficient (Wildman–Crippen LogP) is -0.442. The van der Waals surface area contributed by atoms with Crippen molar-refractivity contribution in [1.29, 1.82) is 0 Å². The van der Waals surface area contributed by atoms with Crippen LogP contribution >= 0.6 is 0 Å². The summed E-state index contributed by atoms with van der Waals surface area (Å²) in [5.74, 6) is -0.845. The van der Waals surface area contributed by atoms with Gasteiger partial charge in [0.25, 0.3) is 5.91 Å². The number of rotatable bonds is 9. The van der Waals surface area contributed by atoms with Crippen LogP contribution in [0.15, 0.2) is 24.4 Å². The Morgan fingerprint density at radius 1 is 1.40 bits per heavy atom. The van der Waals surface area contributed by atoms with E-state index >= 15 is 0 Å². The van der Waals surface area contributed by atoms with Crippen LogP contribution in [0.5, 0.6) is 0 Å². The first kappa shape index (κ1) is 15.9. The first-order chi connectivity index (χ1) is 9.61. The van der Waals surface area contributed by atoms with Gasteiger partial charge in [-0.2, -0.15) is 0 Å². The lowest BCUT2D eigenvalue weighted by molar-refractivity contribution is -0.138.